The molecule has 208 valence electrons. The molecule has 1 unspecified atom stereocenters. The largest absolute Gasteiger partial charge is 0.475 e. The van der Waals surface area contributed by atoms with E-state index in [1.54, 1.807) is 7.05 Å². The van der Waals surface area contributed by atoms with Crippen LogP contribution >= 0.6 is 11.6 Å². The summed E-state index contributed by atoms with van der Waals surface area (Å²) in [4.78, 5) is 15.9. The van der Waals surface area contributed by atoms with Gasteiger partial charge in [-0.1, -0.05) is 11.6 Å². The van der Waals surface area contributed by atoms with Crippen LogP contribution in [0, 0.1) is 0 Å². The van der Waals surface area contributed by atoms with E-state index in [-0.39, 0.29) is 6.61 Å². The van der Waals surface area contributed by atoms with Gasteiger partial charge in [0.1, 0.15) is 5.75 Å². The molecule has 36 heavy (non-hydrogen) atoms. The Bertz CT molecular complexity index is 902. The van der Waals surface area contributed by atoms with Crippen molar-refractivity contribution in [3.8, 4) is 5.75 Å². The first-order valence-electron chi connectivity index (χ1n) is 9.23. The number of alkyl halides is 3. The summed E-state index contributed by atoms with van der Waals surface area (Å²) in [5.74, 6) is -3.35. The van der Waals surface area contributed by atoms with E-state index in [1.165, 1.54) is 0 Å². The standard InChI is InChI=1S/C14H13ClF3NO10.C3H9NO.H4NO/c15-9-6(13(21,22)23)2-7-4(8(9)14(24,25)26)1-5(11(20)27-3-28-19)10(29-7)12(16,17)18;1-4-2-3-5;1-2/h1-2,10,21-26H,3,19H2;4-5H,2-3H2,1H3;2H,1H3/q;;+1. The van der Waals surface area contributed by atoms with Crippen LogP contribution < -0.4 is 21.8 Å². The van der Waals surface area contributed by atoms with Crippen molar-refractivity contribution in [2.45, 2.75) is 24.2 Å². The molecule has 1 aromatic rings. The van der Waals surface area contributed by atoms with Crippen LogP contribution in [-0.4, -0.2) is 86.2 Å². The van der Waals surface area contributed by atoms with Crippen molar-refractivity contribution in [1.29, 1.82) is 0 Å². The van der Waals surface area contributed by atoms with Crippen LogP contribution in [0.4, 0.5) is 13.2 Å². The summed E-state index contributed by atoms with van der Waals surface area (Å²) in [6, 6.07) is 0.424. The van der Waals surface area contributed by atoms with Crippen LogP contribution in [0.15, 0.2) is 11.6 Å². The van der Waals surface area contributed by atoms with E-state index in [0.29, 0.717) is 18.7 Å². The van der Waals surface area contributed by atoms with E-state index in [2.05, 4.69) is 31.4 Å². The van der Waals surface area contributed by atoms with Gasteiger partial charge in [0.2, 0.25) is 12.9 Å². The van der Waals surface area contributed by atoms with Gasteiger partial charge in [0, 0.05) is 12.1 Å². The van der Waals surface area contributed by atoms with Gasteiger partial charge in [0.15, 0.2) is 0 Å². The minimum Gasteiger partial charge on any atom is -0.475 e. The van der Waals surface area contributed by atoms with Crippen LogP contribution in [0.3, 0.4) is 0 Å². The Hall–Kier alpha value is -2.17. The third kappa shape index (κ3) is 9.05. The molecule has 14 N–H and O–H groups in total. The van der Waals surface area contributed by atoms with Crippen molar-refractivity contribution >= 4 is 23.6 Å². The van der Waals surface area contributed by atoms with E-state index in [1.807, 2.05) is 0 Å². The quantitative estimate of drug-likeness (QED) is 0.0880. The zero-order valence-corrected chi connectivity index (χ0v) is 19.1. The van der Waals surface area contributed by atoms with Crippen LogP contribution in [0.25, 0.3) is 6.08 Å². The summed E-state index contributed by atoms with van der Waals surface area (Å²) in [5.41, 5.74) is -4.38. The average Bonchev–Trinajstić information content (AvgIpc) is 2.76. The molecule has 1 heterocycles. The van der Waals surface area contributed by atoms with Gasteiger partial charge in [0.25, 0.3) is 0 Å². The smallest absolute Gasteiger partial charge is 0.430 e. The Labute approximate surface area is 205 Å². The molecule has 0 radical (unpaired) electrons. The maximum Gasteiger partial charge on any atom is 0.430 e. The van der Waals surface area contributed by atoms with Crippen LogP contribution in [0.5, 0.6) is 5.75 Å². The Morgan fingerprint density at radius 2 is 1.75 bits per heavy atom. The molecule has 0 bridgehead atoms. The number of fused-ring (bicyclic) bond motifs is 1. The maximum atomic E-state index is 13.4. The van der Waals surface area contributed by atoms with Gasteiger partial charge < -0.3 is 50.5 Å². The van der Waals surface area contributed by atoms with Crippen molar-refractivity contribution in [1.82, 2.24) is 5.32 Å². The molecule has 0 amide bonds. The molecule has 1 aromatic carbocycles. The summed E-state index contributed by atoms with van der Waals surface area (Å²) in [6.07, 6.45) is -7.78. The van der Waals surface area contributed by atoms with Crippen LogP contribution in [0.1, 0.15) is 16.7 Å². The number of nitrogens with two attached hydrogens (primary N) is 1. The predicted octanol–water partition coefficient (Wildman–Crippen LogP) is -3.57. The number of likely N-dealkylation sites (N-methyl/N-ethyl adjacent to an activating group) is 1. The maximum absolute atomic E-state index is 13.4. The molecule has 0 spiro atoms. The summed E-state index contributed by atoms with van der Waals surface area (Å²) in [7, 11) is 1.80. The molecule has 0 saturated carbocycles. The minimum atomic E-state index is -5.21. The highest BCUT2D eigenvalue weighted by molar-refractivity contribution is 6.32. The average molecular weight is 557 g/mol. The summed E-state index contributed by atoms with van der Waals surface area (Å²) >= 11 is 5.73. The van der Waals surface area contributed by atoms with Gasteiger partial charge in [-0.05, 0) is 19.2 Å². The first-order chi connectivity index (χ1) is 16.5. The molecule has 19 heteroatoms. The number of hydrogen-bond acceptors (Lipinski definition) is 14. The number of ether oxygens (including phenoxy) is 2. The number of nitrogens with one attached hydrogen (secondary N) is 1. The zero-order valence-electron chi connectivity index (χ0n) is 18.4. The lowest BCUT2D eigenvalue weighted by molar-refractivity contribution is -0.670. The molecule has 1 atom stereocenters. The highest BCUT2D eigenvalue weighted by Gasteiger charge is 2.50. The highest BCUT2D eigenvalue weighted by atomic mass is 35.5. The van der Waals surface area contributed by atoms with Gasteiger partial charge >= 0.3 is 24.1 Å². The molecule has 1 aliphatic rings. The first kappa shape index (κ1) is 33.8. The molecule has 1 aliphatic heterocycles. The second kappa shape index (κ2) is 13.9. The third-order valence-corrected chi connectivity index (χ3v) is 4.34. The topological polar surface area (TPSA) is 272 Å². The number of esters is 1. The zero-order chi connectivity index (χ0) is 28.5. The fourth-order valence-electron chi connectivity index (χ4n) is 2.57. The molecule has 0 aromatic heterocycles. The normalized spacial score (nSPS) is 15.3. The number of carbonyl (C=O) groups excluding carboxylic acids is 1. The van der Waals surface area contributed by atoms with E-state index in [9.17, 15) is 48.6 Å². The molecule has 0 saturated heterocycles. The van der Waals surface area contributed by atoms with Gasteiger partial charge in [-0.3, -0.25) is 4.84 Å². The number of halogens is 4. The van der Waals surface area contributed by atoms with Crippen LogP contribution in [-0.2, 0) is 26.3 Å². The molecule has 15 nitrogen and oxygen atoms in total. The number of rotatable bonds is 7. The number of aliphatic hydroxyl groups excluding tert-OH is 1. The lowest BCUT2D eigenvalue weighted by Crippen LogP contribution is -2.42. The van der Waals surface area contributed by atoms with Gasteiger partial charge in [-0.2, -0.15) is 13.2 Å². The number of quaternary nitrogens is 1. The van der Waals surface area contributed by atoms with E-state index in [0.717, 1.165) is 0 Å². The van der Waals surface area contributed by atoms with E-state index >= 15 is 0 Å². The van der Waals surface area contributed by atoms with Gasteiger partial charge in [0.05, 0.1) is 28.3 Å². The first-order valence-corrected chi connectivity index (χ1v) is 9.60. The fraction of sp³-hybridized carbons (Fsp3) is 0.471. The van der Waals surface area contributed by atoms with Crippen molar-refractivity contribution in [2.24, 2.45) is 5.90 Å². The Morgan fingerprint density at radius 1 is 1.19 bits per heavy atom. The second-order valence-corrected chi connectivity index (χ2v) is 6.86. The lowest BCUT2D eigenvalue weighted by Gasteiger charge is -2.32. The monoisotopic (exact) mass is 556 g/mol. The molecule has 2 rings (SSSR count). The molecular weight excluding hydrogens is 531 g/mol. The highest BCUT2D eigenvalue weighted by Crippen LogP contribution is 2.45. The number of hydrogen-bond donors (Lipinski definition) is 11. The van der Waals surface area contributed by atoms with Gasteiger partial charge in [-0.25, -0.2) is 21.8 Å². The lowest BCUT2D eigenvalue weighted by atomic mass is 9.93. The fourth-order valence-corrected chi connectivity index (χ4v) is 2.98. The summed E-state index contributed by atoms with van der Waals surface area (Å²) in [5, 5.41) is 73.0. The van der Waals surface area contributed by atoms with Crippen LogP contribution in [0.2, 0.25) is 5.02 Å². The summed E-state index contributed by atoms with van der Waals surface area (Å²) in [6.45, 7) is -0.0113. The van der Waals surface area contributed by atoms with E-state index < -0.39 is 70.0 Å². The van der Waals surface area contributed by atoms with Crippen molar-refractivity contribution in [3.05, 3.63) is 33.4 Å². The molecule has 0 fully saturated rings. The van der Waals surface area contributed by atoms with E-state index in [4.69, 9.17) is 21.9 Å². The predicted molar refractivity (Wildman–Crippen MR) is 108 cm³/mol. The Balaban J connectivity index is 0.00000156. The minimum absolute atomic E-state index is 0.233. The Kier molecular flexibility index (Phi) is 13.1. The second-order valence-electron chi connectivity index (χ2n) is 6.48. The molecular formula is C17H26ClF3N3O12+. The Morgan fingerprint density at radius 3 is 2.11 bits per heavy atom. The number of benzene rings is 1. The van der Waals surface area contributed by atoms with Crippen molar-refractivity contribution in [2.75, 3.05) is 27.0 Å². The number of aliphatic hydroxyl groups is 7. The number of carbonyl (C=O) groups is 1. The van der Waals surface area contributed by atoms with Gasteiger partial charge in [-0.15, -0.1) is 0 Å². The summed E-state index contributed by atoms with van der Waals surface area (Å²) < 4.78 is 49.1. The third-order valence-electron chi connectivity index (χ3n) is 3.94. The van der Waals surface area contributed by atoms with Crippen molar-refractivity contribution in [3.63, 3.8) is 0 Å². The SMILES string of the molecule is CNCCO.NOCOC(=O)C1=Cc2c(cc(C(O)(O)O)c(Cl)c2C(O)(O)O)OC1C(F)(F)F.[NH3+]O. The molecule has 0 aliphatic carbocycles. The van der Waals surface area contributed by atoms with Crippen molar-refractivity contribution < 1.29 is 79.1 Å².